The van der Waals surface area contributed by atoms with Crippen LogP contribution in [0.1, 0.15) is 5.56 Å². The molecule has 0 saturated carbocycles. The Hall–Kier alpha value is -2.47. The number of aromatic nitrogens is 3. The fourth-order valence-electron chi connectivity index (χ4n) is 2.06. The molecule has 0 spiro atoms. The van der Waals surface area contributed by atoms with Gasteiger partial charge in [-0.05, 0) is 11.0 Å². The van der Waals surface area contributed by atoms with Crippen molar-refractivity contribution in [3.8, 4) is 0 Å². The molecular formula is C13H9ClN4O2. The van der Waals surface area contributed by atoms with Gasteiger partial charge in [0.25, 0.3) is 0 Å². The van der Waals surface area contributed by atoms with Crippen LogP contribution in [0.3, 0.4) is 0 Å². The Kier molecular flexibility index (Phi) is 3.08. The molecule has 1 aromatic carbocycles. The Labute approximate surface area is 118 Å². The third kappa shape index (κ3) is 2.21. The van der Waals surface area contributed by atoms with Gasteiger partial charge in [0.05, 0.1) is 23.4 Å². The van der Waals surface area contributed by atoms with Crippen LogP contribution in [0.4, 0.5) is 5.82 Å². The van der Waals surface area contributed by atoms with Crippen LogP contribution in [0.2, 0.25) is 5.02 Å². The normalized spacial score (nSPS) is 10.8. The Morgan fingerprint density at radius 1 is 1.30 bits per heavy atom. The van der Waals surface area contributed by atoms with E-state index in [0.29, 0.717) is 6.54 Å². The zero-order valence-electron chi connectivity index (χ0n) is 10.2. The molecule has 0 aliphatic rings. The van der Waals surface area contributed by atoms with Gasteiger partial charge in [0.2, 0.25) is 0 Å². The number of pyridine rings is 1. The van der Waals surface area contributed by atoms with Gasteiger partial charge in [0.15, 0.2) is 5.02 Å². The van der Waals surface area contributed by atoms with Crippen molar-refractivity contribution in [2.75, 3.05) is 0 Å². The number of fused-ring (bicyclic) bond motifs is 1. The molecule has 3 aromatic rings. The molecule has 100 valence electrons. The van der Waals surface area contributed by atoms with E-state index in [9.17, 15) is 10.1 Å². The minimum absolute atomic E-state index is 0.0307. The second kappa shape index (κ2) is 4.90. The van der Waals surface area contributed by atoms with Gasteiger partial charge in [-0.1, -0.05) is 35.9 Å². The maximum absolute atomic E-state index is 10.7. The van der Waals surface area contributed by atoms with E-state index in [0.717, 1.165) is 16.5 Å². The van der Waals surface area contributed by atoms with Crippen molar-refractivity contribution in [2.45, 2.75) is 6.54 Å². The van der Waals surface area contributed by atoms with E-state index in [1.165, 1.54) is 10.9 Å². The number of benzene rings is 1. The summed E-state index contributed by atoms with van der Waals surface area (Å²) in [5, 5.41) is 15.6. The molecular weight excluding hydrogens is 280 g/mol. The fraction of sp³-hybridized carbons (Fsp3) is 0.0769. The van der Waals surface area contributed by atoms with Crippen molar-refractivity contribution in [1.82, 2.24) is 14.8 Å². The highest BCUT2D eigenvalue weighted by atomic mass is 35.5. The molecule has 3 rings (SSSR count). The number of para-hydroxylation sites is 1. The average molecular weight is 289 g/mol. The van der Waals surface area contributed by atoms with Gasteiger partial charge in [-0.3, -0.25) is 4.98 Å². The predicted molar refractivity (Wildman–Crippen MR) is 74.7 cm³/mol. The van der Waals surface area contributed by atoms with Crippen molar-refractivity contribution < 1.29 is 4.92 Å². The molecule has 0 unspecified atom stereocenters. The fourth-order valence-corrected chi connectivity index (χ4v) is 2.28. The van der Waals surface area contributed by atoms with E-state index in [1.807, 2.05) is 30.3 Å². The van der Waals surface area contributed by atoms with Gasteiger partial charge >= 0.3 is 5.82 Å². The van der Waals surface area contributed by atoms with E-state index in [4.69, 9.17) is 11.6 Å². The zero-order chi connectivity index (χ0) is 14.1. The van der Waals surface area contributed by atoms with Crippen LogP contribution >= 0.6 is 11.6 Å². The summed E-state index contributed by atoms with van der Waals surface area (Å²) in [5.74, 6) is -0.333. The first-order valence-electron chi connectivity index (χ1n) is 5.85. The Morgan fingerprint density at radius 3 is 2.85 bits per heavy atom. The summed E-state index contributed by atoms with van der Waals surface area (Å²) in [6, 6.07) is 9.62. The number of nitrogens with zero attached hydrogens (tertiary/aromatic N) is 4. The van der Waals surface area contributed by atoms with Crippen molar-refractivity contribution in [2.24, 2.45) is 0 Å². The highest BCUT2D eigenvalue weighted by Crippen LogP contribution is 2.23. The maximum Gasteiger partial charge on any atom is 0.408 e. The van der Waals surface area contributed by atoms with Crippen molar-refractivity contribution in [1.29, 1.82) is 0 Å². The summed E-state index contributed by atoms with van der Waals surface area (Å²) in [7, 11) is 0. The van der Waals surface area contributed by atoms with Crippen molar-refractivity contribution in [3.05, 3.63) is 63.4 Å². The third-order valence-corrected chi connectivity index (χ3v) is 3.19. The number of hydrogen-bond acceptors (Lipinski definition) is 4. The van der Waals surface area contributed by atoms with E-state index < -0.39 is 4.92 Å². The Bertz CT molecular complexity index is 795. The minimum Gasteiger partial charge on any atom is -0.358 e. The third-order valence-electron chi connectivity index (χ3n) is 2.92. The topological polar surface area (TPSA) is 73.8 Å². The molecule has 6 nitrogen and oxygen atoms in total. The first-order chi connectivity index (χ1) is 9.65. The molecule has 0 radical (unpaired) electrons. The second-order valence-corrected chi connectivity index (χ2v) is 4.65. The van der Waals surface area contributed by atoms with Crippen molar-refractivity contribution in [3.63, 3.8) is 0 Å². The van der Waals surface area contributed by atoms with Crippen LogP contribution in [-0.2, 0) is 6.54 Å². The smallest absolute Gasteiger partial charge is 0.358 e. The number of rotatable bonds is 3. The molecule has 0 aliphatic carbocycles. The van der Waals surface area contributed by atoms with Crippen LogP contribution in [0.25, 0.3) is 10.9 Å². The zero-order valence-corrected chi connectivity index (χ0v) is 11.0. The van der Waals surface area contributed by atoms with E-state index >= 15 is 0 Å². The van der Waals surface area contributed by atoms with Crippen molar-refractivity contribution >= 4 is 28.3 Å². The highest BCUT2D eigenvalue weighted by molar-refractivity contribution is 6.32. The maximum atomic E-state index is 10.7. The lowest BCUT2D eigenvalue weighted by Gasteiger charge is -2.03. The summed E-state index contributed by atoms with van der Waals surface area (Å²) < 4.78 is 1.45. The number of hydrogen-bond donors (Lipinski definition) is 0. The number of nitro groups is 1. The largest absolute Gasteiger partial charge is 0.408 e. The molecule has 0 fully saturated rings. The summed E-state index contributed by atoms with van der Waals surface area (Å²) in [6.07, 6.45) is 3.16. The van der Waals surface area contributed by atoms with Gasteiger partial charge in [0, 0.05) is 17.1 Å². The SMILES string of the molecule is O=[N+]([O-])c1nn(Cc2cccc3cccnc23)cc1Cl. The first kappa shape index (κ1) is 12.6. The van der Waals surface area contributed by atoms with Gasteiger partial charge in [-0.25, -0.2) is 0 Å². The molecule has 0 aliphatic heterocycles. The Morgan fingerprint density at radius 2 is 2.10 bits per heavy atom. The summed E-state index contributed by atoms with van der Waals surface area (Å²) in [6.45, 7) is 0.377. The molecule has 0 amide bonds. The molecule has 0 bridgehead atoms. The molecule has 2 aromatic heterocycles. The molecule has 2 heterocycles. The lowest BCUT2D eigenvalue weighted by molar-refractivity contribution is -0.389. The second-order valence-electron chi connectivity index (χ2n) is 4.25. The lowest BCUT2D eigenvalue weighted by atomic mass is 10.1. The summed E-state index contributed by atoms with van der Waals surface area (Å²) in [4.78, 5) is 14.5. The molecule has 0 saturated heterocycles. The number of halogens is 1. The van der Waals surface area contributed by atoms with Crippen LogP contribution in [0.15, 0.2) is 42.7 Å². The van der Waals surface area contributed by atoms with Gasteiger partial charge in [-0.15, -0.1) is 0 Å². The van der Waals surface area contributed by atoms with E-state index in [-0.39, 0.29) is 10.8 Å². The van der Waals surface area contributed by atoms with Gasteiger partial charge in [-0.2, -0.15) is 4.68 Å². The van der Waals surface area contributed by atoms with Gasteiger partial charge in [0.1, 0.15) is 0 Å². The van der Waals surface area contributed by atoms with Gasteiger partial charge < -0.3 is 10.1 Å². The summed E-state index contributed by atoms with van der Waals surface area (Å²) >= 11 is 5.78. The van der Waals surface area contributed by atoms with Crippen LogP contribution in [0, 0.1) is 10.1 Å². The standard InChI is InChI=1S/C13H9ClN4O2/c14-11-8-17(16-13(11)18(19)20)7-10-4-1-3-9-5-2-6-15-12(9)10/h1-6,8H,7H2. The average Bonchev–Trinajstić information content (AvgIpc) is 2.80. The molecule has 20 heavy (non-hydrogen) atoms. The van der Waals surface area contributed by atoms with E-state index in [1.54, 1.807) is 6.20 Å². The quantitative estimate of drug-likeness (QED) is 0.548. The summed E-state index contributed by atoms with van der Waals surface area (Å²) in [5.41, 5.74) is 1.78. The Balaban J connectivity index is 2.01. The predicted octanol–water partition coefficient (Wildman–Crippen LogP) is 3.04. The highest BCUT2D eigenvalue weighted by Gasteiger charge is 2.19. The molecule has 0 atom stereocenters. The lowest BCUT2D eigenvalue weighted by Crippen LogP contribution is -2.02. The first-order valence-corrected chi connectivity index (χ1v) is 6.23. The van der Waals surface area contributed by atoms with Crippen LogP contribution < -0.4 is 0 Å². The van der Waals surface area contributed by atoms with Crippen LogP contribution in [-0.4, -0.2) is 19.7 Å². The minimum atomic E-state index is -0.597. The van der Waals surface area contributed by atoms with Crippen LogP contribution in [0.5, 0.6) is 0 Å². The monoisotopic (exact) mass is 288 g/mol. The molecule has 0 N–H and O–H groups in total. The molecule has 7 heteroatoms. The van der Waals surface area contributed by atoms with E-state index in [2.05, 4.69) is 10.1 Å².